The van der Waals surface area contributed by atoms with Crippen molar-refractivity contribution < 1.29 is 9.00 Å². The van der Waals surface area contributed by atoms with Crippen LogP contribution in [0.15, 0.2) is 4.21 Å². The van der Waals surface area contributed by atoms with Crippen molar-refractivity contribution in [3.8, 4) is 6.07 Å². The standard InChI is InChI=1S/C8H6ClNO2S2/c1-4(11)7-6(9)5(3-10)8(13-7)14(2)12/h1-2H3. The summed E-state index contributed by atoms with van der Waals surface area (Å²) in [5.74, 6) is -0.215. The summed E-state index contributed by atoms with van der Waals surface area (Å²) in [6.45, 7) is 1.36. The highest BCUT2D eigenvalue weighted by Gasteiger charge is 2.21. The Morgan fingerprint density at radius 1 is 1.64 bits per heavy atom. The molecule has 0 fully saturated rings. The van der Waals surface area contributed by atoms with Crippen LogP contribution in [0.2, 0.25) is 5.02 Å². The Hall–Kier alpha value is -0.700. The van der Waals surface area contributed by atoms with Crippen LogP contribution < -0.4 is 0 Å². The van der Waals surface area contributed by atoms with Crippen molar-refractivity contribution in [3.63, 3.8) is 0 Å². The van der Waals surface area contributed by atoms with Gasteiger partial charge in [0.1, 0.15) is 10.3 Å². The van der Waals surface area contributed by atoms with Crippen LogP contribution in [0.3, 0.4) is 0 Å². The molecule has 0 N–H and O–H groups in total. The van der Waals surface area contributed by atoms with E-state index in [4.69, 9.17) is 16.9 Å². The molecule has 1 unspecified atom stereocenters. The molecule has 0 spiro atoms. The number of nitriles is 1. The molecule has 1 rings (SSSR count). The first kappa shape index (κ1) is 11.4. The van der Waals surface area contributed by atoms with Crippen molar-refractivity contribution in [1.82, 2.24) is 0 Å². The molecule has 1 atom stereocenters. The third kappa shape index (κ3) is 1.87. The van der Waals surface area contributed by atoms with Gasteiger partial charge in [0.25, 0.3) is 0 Å². The first-order valence-electron chi connectivity index (χ1n) is 3.55. The van der Waals surface area contributed by atoms with Gasteiger partial charge in [-0.1, -0.05) is 11.6 Å². The molecule has 74 valence electrons. The number of ketones is 1. The molecule has 0 bridgehead atoms. The predicted octanol–water partition coefficient (Wildman–Crippen LogP) is 2.21. The number of halogens is 1. The maximum Gasteiger partial charge on any atom is 0.171 e. The van der Waals surface area contributed by atoms with E-state index in [-0.39, 0.29) is 16.4 Å². The van der Waals surface area contributed by atoms with Gasteiger partial charge in [-0.15, -0.1) is 11.3 Å². The lowest BCUT2D eigenvalue weighted by molar-refractivity contribution is 0.102. The summed E-state index contributed by atoms with van der Waals surface area (Å²) in [6.07, 6.45) is 1.45. The van der Waals surface area contributed by atoms with Crippen molar-refractivity contribution in [2.45, 2.75) is 11.1 Å². The quantitative estimate of drug-likeness (QED) is 0.753. The van der Waals surface area contributed by atoms with Crippen molar-refractivity contribution >= 4 is 39.5 Å². The topological polar surface area (TPSA) is 57.9 Å². The van der Waals surface area contributed by atoms with E-state index in [0.29, 0.717) is 9.09 Å². The zero-order chi connectivity index (χ0) is 10.9. The number of nitrogens with zero attached hydrogens (tertiary/aromatic N) is 1. The van der Waals surface area contributed by atoms with Gasteiger partial charge in [-0.05, 0) is 0 Å². The first-order valence-corrected chi connectivity index (χ1v) is 6.31. The lowest BCUT2D eigenvalue weighted by atomic mass is 10.3. The van der Waals surface area contributed by atoms with Crippen LogP contribution >= 0.6 is 22.9 Å². The molecule has 0 saturated heterocycles. The van der Waals surface area contributed by atoms with Gasteiger partial charge in [0.15, 0.2) is 5.78 Å². The van der Waals surface area contributed by atoms with E-state index in [1.54, 1.807) is 0 Å². The van der Waals surface area contributed by atoms with Gasteiger partial charge in [0.2, 0.25) is 0 Å². The molecule has 1 aromatic heterocycles. The Kier molecular flexibility index (Phi) is 3.43. The van der Waals surface area contributed by atoms with Crippen LogP contribution in [-0.2, 0) is 10.8 Å². The van der Waals surface area contributed by atoms with E-state index in [1.165, 1.54) is 13.2 Å². The molecule has 1 aromatic rings. The van der Waals surface area contributed by atoms with Crippen LogP contribution in [0.4, 0.5) is 0 Å². The van der Waals surface area contributed by atoms with Crippen molar-refractivity contribution in [2.24, 2.45) is 0 Å². The summed E-state index contributed by atoms with van der Waals surface area (Å²) in [5.41, 5.74) is 0.155. The van der Waals surface area contributed by atoms with E-state index >= 15 is 0 Å². The number of carbonyl (C=O) groups excluding carboxylic acids is 1. The molecule has 14 heavy (non-hydrogen) atoms. The fourth-order valence-electron chi connectivity index (χ4n) is 0.915. The van der Waals surface area contributed by atoms with Crippen molar-refractivity contribution in [2.75, 3.05) is 6.26 Å². The first-order chi connectivity index (χ1) is 6.49. The maximum absolute atomic E-state index is 11.2. The molecule has 0 aliphatic heterocycles. The second-order valence-electron chi connectivity index (χ2n) is 2.53. The van der Waals surface area contributed by atoms with Crippen molar-refractivity contribution in [3.05, 3.63) is 15.5 Å². The number of rotatable bonds is 2. The summed E-state index contributed by atoms with van der Waals surface area (Å²) < 4.78 is 11.6. The molecule has 0 radical (unpaired) electrons. The summed E-state index contributed by atoms with van der Waals surface area (Å²) in [6, 6.07) is 1.85. The maximum atomic E-state index is 11.2. The van der Waals surface area contributed by atoms with E-state index in [0.717, 1.165) is 11.3 Å². The number of hydrogen-bond acceptors (Lipinski definition) is 4. The fraction of sp³-hybridized carbons (Fsp3) is 0.250. The molecule has 1 heterocycles. The number of carbonyl (C=O) groups is 1. The number of thiophene rings is 1. The molecule has 3 nitrogen and oxygen atoms in total. The highest BCUT2D eigenvalue weighted by atomic mass is 35.5. The Balaban J connectivity index is 3.49. The molecule has 6 heteroatoms. The van der Waals surface area contributed by atoms with Crippen LogP contribution in [0, 0.1) is 11.3 Å². The van der Waals surface area contributed by atoms with Gasteiger partial charge < -0.3 is 0 Å². The van der Waals surface area contributed by atoms with Crippen molar-refractivity contribution in [1.29, 1.82) is 5.26 Å². The van der Waals surface area contributed by atoms with E-state index < -0.39 is 10.8 Å². The Bertz CT molecular complexity index is 459. The SMILES string of the molecule is CC(=O)c1sc(S(C)=O)c(C#N)c1Cl. The van der Waals surface area contributed by atoms with Gasteiger partial charge in [-0.2, -0.15) is 5.26 Å². The molecule has 0 saturated carbocycles. The Morgan fingerprint density at radius 2 is 2.21 bits per heavy atom. The normalized spacial score (nSPS) is 12.1. The van der Waals surface area contributed by atoms with E-state index in [2.05, 4.69) is 0 Å². The fourth-order valence-corrected chi connectivity index (χ4v) is 3.34. The lowest BCUT2D eigenvalue weighted by Crippen LogP contribution is -1.87. The molecular formula is C8H6ClNO2S2. The highest BCUT2D eigenvalue weighted by molar-refractivity contribution is 7.86. The second kappa shape index (κ2) is 4.22. The Labute approximate surface area is 92.8 Å². The third-order valence-electron chi connectivity index (χ3n) is 1.51. The monoisotopic (exact) mass is 247 g/mol. The second-order valence-corrected chi connectivity index (χ2v) is 5.50. The highest BCUT2D eigenvalue weighted by Crippen LogP contribution is 2.34. The average molecular weight is 248 g/mol. The smallest absolute Gasteiger partial charge is 0.171 e. The minimum Gasteiger partial charge on any atom is -0.294 e. The summed E-state index contributed by atoms with van der Waals surface area (Å²) >= 11 is 6.82. The predicted molar refractivity (Wildman–Crippen MR) is 56.4 cm³/mol. The minimum absolute atomic E-state index is 0.121. The molecule has 0 aliphatic carbocycles. The zero-order valence-electron chi connectivity index (χ0n) is 7.46. The third-order valence-corrected chi connectivity index (χ3v) is 4.77. The molecule has 0 aliphatic rings. The average Bonchev–Trinajstić information content (AvgIpc) is 2.42. The summed E-state index contributed by atoms with van der Waals surface area (Å²) in [5, 5.41) is 8.89. The minimum atomic E-state index is -1.29. The Morgan fingerprint density at radius 3 is 2.50 bits per heavy atom. The van der Waals surface area contributed by atoms with Gasteiger partial charge in [-0.3, -0.25) is 9.00 Å². The molecule has 0 aromatic carbocycles. The van der Waals surface area contributed by atoms with Crippen LogP contribution in [0.25, 0.3) is 0 Å². The van der Waals surface area contributed by atoms with Gasteiger partial charge >= 0.3 is 0 Å². The molecular weight excluding hydrogens is 242 g/mol. The zero-order valence-corrected chi connectivity index (χ0v) is 9.85. The van der Waals surface area contributed by atoms with Gasteiger partial charge in [0, 0.05) is 13.2 Å². The van der Waals surface area contributed by atoms with Crippen LogP contribution in [0.5, 0.6) is 0 Å². The van der Waals surface area contributed by atoms with Crippen LogP contribution in [-0.4, -0.2) is 16.2 Å². The number of Topliss-reactive ketones (excluding diaryl/α,β-unsaturated/α-hetero) is 1. The van der Waals surface area contributed by atoms with Gasteiger partial charge in [-0.25, -0.2) is 0 Å². The van der Waals surface area contributed by atoms with Gasteiger partial charge in [0.05, 0.1) is 26.3 Å². The van der Waals surface area contributed by atoms with E-state index in [9.17, 15) is 9.00 Å². The summed E-state index contributed by atoms with van der Waals surface area (Å²) in [7, 11) is -1.29. The largest absolute Gasteiger partial charge is 0.294 e. The lowest BCUT2D eigenvalue weighted by Gasteiger charge is -1.88. The van der Waals surface area contributed by atoms with E-state index in [1.807, 2.05) is 6.07 Å². The summed E-state index contributed by atoms with van der Waals surface area (Å²) in [4.78, 5) is 11.4. The van der Waals surface area contributed by atoms with Crippen LogP contribution in [0.1, 0.15) is 22.2 Å². The molecule has 0 amide bonds. The number of hydrogen-bond donors (Lipinski definition) is 0.